The van der Waals surface area contributed by atoms with Crippen LogP contribution < -0.4 is 0 Å². The van der Waals surface area contributed by atoms with Gasteiger partial charge in [-0.3, -0.25) is 0 Å². The summed E-state index contributed by atoms with van der Waals surface area (Å²) in [4.78, 5) is 0. The Kier molecular flexibility index (Phi) is 3.29. The van der Waals surface area contributed by atoms with E-state index in [2.05, 4.69) is 18.9 Å². The molecule has 122 valence electrons. The molecular formula is C21H26O2. The molecule has 0 spiro atoms. The second-order valence-electron chi connectivity index (χ2n) is 7.89. The van der Waals surface area contributed by atoms with E-state index in [0.29, 0.717) is 23.5 Å². The number of aryl methyl sites for hydroxylation is 1. The summed E-state index contributed by atoms with van der Waals surface area (Å²) in [6, 6.07) is 5.90. The lowest BCUT2D eigenvalue weighted by atomic mass is 9.52. The van der Waals surface area contributed by atoms with Gasteiger partial charge in [-0.25, -0.2) is 0 Å². The van der Waals surface area contributed by atoms with Gasteiger partial charge >= 0.3 is 0 Å². The minimum atomic E-state index is -0.910. The Morgan fingerprint density at radius 1 is 1.26 bits per heavy atom. The summed E-state index contributed by atoms with van der Waals surface area (Å²) in [5.41, 5.74) is 1.75. The number of phenolic OH excluding ortho intramolecular Hbond substituents is 1. The number of terminal acetylenes is 1. The zero-order chi connectivity index (χ0) is 16.2. The van der Waals surface area contributed by atoms with Crippen LogP contribution in [0.4, 0.5) is 0 Å². The lowest BCUT2D eigenvalue weighted by Gasteiger charge is -2.53. The number of hydrogen-bond donors (Lipinski definition) is 2. The summed E-state index contributed by atoms with van der Waals surface area (Å²) in [6.45, 7) is 2.20. The topological polar surface area (TPSA) is 40.5 Å². The average molecular weight is 310 g/mol. The predicted octanol–water partition coefficient (Wildman–Crippen LogP) is 4.00. The van der Waals surface area contributed by atoms with Crippen molar-refractivity contribution >= 4 is 0 Å². The highest BCUT2D eigenvalue weighted by atomic mass is 16.3. The molecule has 4 rings (SSSR count). The van der Waals surface area contributed by atoms with Crippen LogP contribution in [0, 0.1) is 29.6 Å². The van der Waals surface area contributed by atoms with E-state index in [9.17, 15) is 10.2 Å². The first-order valence-electron chi connectivity index (χ1n) is 9.06. The van der Waals surface area contributed by atoms with Gasteiger partial charge in [0.25, 0.3) is 0 Å². The second-order valence-corrected chi connectivity index (χ2v) is 7.89. The fourth-order valence-electron chi connectivity index (χ4n) is 6.35. The molecule has 0 unspecified atom stereocenters. The Labute approximate surface area is 138 Å². The van der Waals surface area contributed by atoms with E-state index in [1.54, 1.807) is 0 Å². The average Bonchev–Trinajstić information content (AvgIpc) is 2.88. The third-order valence-corrected chi connectivity index (χ3v) is 7.43. The van der Waals surface area contributed by atoms with Gasteiger partial charge in [0.2, 0.25) is 0 Å². The van der Waals surface area contributed by atoms with Crippen molar-refractivity contribution in [3.8, 4) is 18.1 Å². The second kappa shape index (κ2) is 5.02. The number of aromatic hydroxyl groups is 1. The van der Waals surface area contributed by atoms with Gasteiger partial charge in [0.15, 0.2) is 0 Å². The zero-order valence-electron chi connectivity index (χ0n) is 13.9. The van der Waals surface area contributed by atoms with Crippen molar-refractivity contribution in [1.82, 2.24) is 0 Å². The van der Waals surface area contributed by atoms with Crippen LogP contribution in [0.25, 0.3) is 0 Å². The Balaban J connectivity index is 1.74. The quantitative estimate of drug-likeness (QED) is 0.770. The molecule has 0 amide bonds. The van der Waals surface area contributed by atoms with Crippen molar-refractivity contribution in [2.75, 3.05) is 0 Å². The molecule has 2 N–H and O–H groups in total. The first-order chi connectivity index (χ1) is 11.0. The first kappa shape index (κ1) is 15.1. The van der Waals surface area contributed by atoms with Gasteiger partial charge in [0.05, 0.1) is 0 Å². The van der Waals surface area contributed by atoms with Crippen molar-refractivity contribution < 1.29 is 10.2 Å². The fourth-order valence-corrected chi connectivity index (χ4v) is 6.35. The molecular weight excluding hydrogens is 284 g/mol. The van der Waals surface area contributed by atoms with Gasteiger partial charge < -0.3 is 10.2 Å². The van der Waals surface area contributed by atoms with Crippen LogP contribution in [0.2, 0.25) is 0 Å². The summed E-state index contributed by atoms with van der Waals surface area (Å²) in [5, 5.41) is 20.9. The number of fused-ring (bicyclic) bond motifs is 5. The van der Waals surface area contributed by atoms with Gasteiger partial charge in [-0.2, -0.15) is 0 Å². The van der Waals surface area contributed by atoms with Crippen LogP contribution in [0.15, 0.2) is 18.2 Å². The van der Waals surface area contributed by atoms with Gasteiger partial charge in [-0.15, -0.1) is 6.42 Å². The molecule has 2 nitrogen and oxygen atoms in total. The molecule has 5 atom stereocenters. The molecule has 3 aliphatic rings. The highest BCUT2D eigenvalue weighted by Gasteiger charge is 2.62. The van der Waals surface area contributed by atoms with E-state index >= 15 is 0 Å². The predicted molar refractivity (Wildman–Crippen MR) is 91.1 cm³/mol. The Morgan fingerprint density at radius 3 is 2.83 bits per heavy atom. The van der Waals surface area contributed by atoms with Gasteiger partial charge in [0, 0.05) is 5.41 Å². The molecule has 0 saturated heterocycles. The normalized spacial score (nSPS) is 41.5. The molecule has 0 heterocycles. The molecule has 3 aliphatic carbocycles. The summed E-state index contributed by atoms with van der Waals surface area (Å²) >= 11 is 0. The van der Waals surface area contributed by atoms with Crippen molar-refractivity contribution in [2.45, 2.75) is 63.4 Å². The lowest BCUT2D eigenvalue weighted by Crippen LogP contribution is -2.51. The van der Waals surface area contributed by atoms with E-state index in [0.717, 1.165) is 44.9 Å². The summed E-state index contributed by atoms with van der Waals surface area (Å²) in [7, 11) is 0. The zero-order valence-corrected chi connectivity index (χ0v) is 13.9. The molecule has 23 heavy (non-hydrogen) atoms. The Morgan fingerprint density at radius 2 is 2.09 bits per heavy atom. The summed E-state index contributed by atoms with van der Waals surface area (Å²) < 4.78 is 0. The van der Waals surface area contributed by atoms with Crippen LogP contribution in [-0.4, -0.2) is 15.8 Å². The standard InChI is InChI=1S/C21H26O2/c1-3-20-11-9-17-16-8-6-15(22)13-14(16)5-7-18(17)19(20)10-12-21(20,23)4-2/h2,6,8,13,17-19,22-23H,3,5,7,9-12H2,1H3/t17-,18-,19-,20+,21+/m1/s1. The Bertz CT molecular complexity index is 673. The maximum absolute atomic E-state index is 11.1. The molecule has 2 fully saturated rings. The van der Waals surface area contributed by atoms with Crippen molar-refractivity contribution in [3.05, 3.63) is 29.3 Å². The number of benzene rings is 1. The van der Waals surface area contributed by atoms with E-state index in [1.807, 2.05) is 12.1 Å². The fraction of sp³-hybridized carbons (Fsp3) is 0.619. The number of aliphatic hydroxyl groups is 1. The molecule has 0 bridgehead atoms. The van der Waals surface area contributed by atoms with E-state index in [-0.39, 0.29) is 5.41 Å². The van der Waals surface area contributed by atoms with Gasteiger partial charge in [-0.05, 0) is 86.0 Å². The summed E-state index contributed by atoms with van der Waals surface area (Å²) in [5.74, 6) is 4.89. The maximum atomic E-state index is 11.1. The van der Waals surface area contributed by atoms with Crippen LogP contribution in [0.3, 0.4) is 0 Å². The molecule has 2 heteroatoms. The summed E-state index contributed by atoms with van der Waals surface area (Å²) in [6.07, 6.45) is 12.9. The number of phenols is 1. The highest BCUT2D eigenvalue weighted by Crippen LogP contribution is 2.65. The lowest BCUT2D eigenvalue weighted by molar-refractivity contribution is -0.0799. The smallest absolute Gasteiger partial charge is 0.131 e. The first-order valence-corrected chi connectivity index (χ1v) is 9.06. The van der Waals surface area contributed by atoms with Crippen LogP contribution in [-0.2, 0) is 6.42 Å². The highest BCUT2D eigenvalue weighted by molar-refractivity contribution is 5.40. The van der Waals surface area contributed by atoms with Crippen LogP contribution >= 0.6 is 0 Å². The molecule has 1 aromatic rings. The van der Waals surface area contributed by atoms with Gasteiger partial charge in [-0.1, -0.05) is 18.9 Å². The van der Waals surface area contributed by atoms with Crippen molar-refractivity contribution in [3.63, 3.8) is 0 Å². The number of hydrogen-bond acceptors (Lipinski definition) is 2. The van der Waals surface area contributed by atoms with Crippen LogP contribution in [0.1, 0.15) is 62.5 Å². The van der Waals surface area contributed by atoms with Crippen molar-refractivity contribution in [1.29, 1.82) is 0 Å². The minimum Gasteiger partial charge on any atom is -0.508 e. The third-order valence-electron chi connectivity index (χ3n) is 7.43. The van der Waals surface area contributed by atoms with E-state index in [1.165, 1.54) is 11.1 Å². The third kappa shape index (κ3) is 1.86. The van der Waals surface area contributed by atoms with Gasteiger partial charge in [0.1, 0.15) is 11.4 Å². The van der Waals surface area contributed by atoms with Crippen LogP contribution in [0.5, 0.6) is 5.75 Å². The molecule has 2 saturated carbocycles. The minimum absolute atomic E-state index is 0.0860. The number of rotatable bonds is 1. The van der Waals surface area contributed by atoms with E-state index < -0.39 is 5.60 Å². The van der Waals surface area contributed by atoms with Crippen molar-refractivity contribution in [2.24, 2.45) is 17.3 Å². The maximum Gasteiger partial charge on any atom is 0.131 e. The molecule has 1 aromatic carbocycles. The van der Waals surface area contributed by atoms with E-state index in [4.69, 9.17) is 6.42 Å². The molecule has 0 aliphatic heterocycles. The monoisotopic (exact) mass is 310 g/mol. The largest absolute Gasteiger partial charge is 0.508 e. The molecule has 0 aromatic heterocycles. The SMILES string of the molecule is C#C[C@]1(O)CC[C@@H]2[C@@H]3CCc4cc(O)ccc4[C@H]3CC[C@@]21CC. The molecule has 0 radical (unpaired) electrons. The Hall–Kier alpha value is -1.46.